The van der Waals surface area contributed by atoms with Gasteiger partial charge in [-0.25, -0.2) is 9.97 Å². The molecule has 0 aliphatic heterocycles. The first-order chi connectivity index (χ1) is 11.6. The molecule has 0 unspecified atom stereocenters. The molecule has 5 nitrogen and oxygen atoms in total. The Balaban J connectivity index is 1.84. The molecule has 6 heteroatoms. The van der Waals surface area contributed by atoms with Crippen LogP contribution in [0, 0.1) is 13.8 Å². The van der Waals surface area contributed by atoms with Crippen molar-refractivity contribution in [2.45, 2.75) is 13.8 Å². The SMILES string of the molecule is Cc1ccc(Nc2nc(=O)c3nc4ccccc4nc3s2)c(C)c1. The number of aryl methyl sites for hydroxylation is 2. The fourth-order valence-corrected chi connectivity index (χ4v) is 3.42. The van der Waals surface area contributed by atoms with Crippen LogP contribution in [0.3, 0.4) is 0 Å². The van der Waals surface area contributed by atoms with Gasteiger partial charge in [0.25, 0.3) is 0 Å². The maximum absolute atomic E-state index is 12.3. The third-order valence-corrected chi connectivity index (χ3v) is 4.63. The van der Waals surface area contributed by atoms with Gasteiger partial charge in [-0.15, -0.1) is 0 Å². The molecule has 4 rings (SSSR count). The predicted octanol–water partition coefficient (Wildman–Crippen LogP) is 3.96. The van der Waals surface area contributed by atoms with Gasteiger partial charge in [0, 0.05) is 5.69 Å². The van der Waals surface area contributed by atoms with Crippen molar-refractivity contribution in [3.8, 4) is 0 Å². The van der Waals surface area contributed by atoms with Crippen LogP contribution in [0.15, 0.2) is 47.3 Å². The van der Waals surface area contributed by atoms with Crippen molar-refractivity contribution in [2.75, 3.05) is 5.32 Å². The predicted molar refractivity (Wildman–Crippen MR) is 98.2 cm³/mol. The second-order valence-corrected chi connectivity index (χ2v) is 6.61. The Morgan fingerprint density at radius 2 is 1.71 bits per heavy atom. The molecule has 2 aromatic heterocycles. The van der Waals surface area contributed by atoms with Gasteiger partial charge in [0.2, 0.25) is 0 Å². The van der Waals surface area contributed by atoms with Crippen LogP contribution in [0.1, 0.15) is 11.1 Å². The average Bonchev–Trinajstić information content (AvgIpc) is 2.56. The summed E-state index contributed by atoms with van der Waals surface area (Å²) in [5, 5.41) is 3.74. The number of nitrogens with zero attached hydrogens (tertiary/aromatic N) is 3. The number of anilines is 2. The lowest BCUT2D eigenvalue weighted by Gasteiger charge is -2.09. The van der Waals surface area contributed by atoms with Crippen LogP contribution in [0.25, 0.3) is 21.4 Å². The molecule has 4 aromatic rings. The van der Waals surface area contributed by atoms with Crippen molar-refractivity contribution < 1.29 is 0 Å². The molecule has 0 saturated heterocycles. The zero-order valence-corrected chi connectivity index (χ0v) is 14.0. The summed E-state index contributed by atoms with van der Waals surface area (Å²) in [6.07, 6.45) is 0. The fourth-order valence-electron chi connectivity index (χ4n) is 2.58. The summed E-state index contributed by atoms with van der Waals surface area (Å²) >= 11 is 1.33. The van der Waals surface area contributed by atoms with Crippen molar-refractivity contribution in [3.63, 3.8) is 0 Å². The van der Waals surface area contributed by atoms with Gasteiger partial charge in [0.15, 0.2) is 15.5 Å². The molecule has 118 valence electrons. The van der Waals surface area contributed by atoms with Gasteiger partial charge >= 0.3 is 5.56 Å². The lowest BCUT2D eigenvalue weighted by molar-refractivity contribution is 1.26. The van der Waals surface area contributed by atoms with Gasteiger partial charge in [-0.3, -0.25) is 4.79 Å². The van der Waals surface area contributed by atoms with E-state index < -0.39 is 0 Å². The molecule has 0 aliphatic carbocycles. The Kier molecular flexibility index (Phi) is 3.46. The van der Waals surface area contributed by atoms with Crippen LogP contribution >= 0.6 is 11.3 Å². The molecular formula is C18H14N4OS. The molecule has 0 fully saturated rings. The second kappa shape index (κ2) is 5.65. The molecule has 0 spiro atoms. The van der Waals surface area contributed by atoms with Crippen molar-refractivity contribution in [1.29, 1.82) is 0 Å². The first kappa shape index (κ1) is 14.7. The minimum Gasteiger partial charge on any atom is -0.331 e. The van der Waals surface area contributed by atoms with E-state index in [-0.39, 0.29) is 5.56 Å². The Hall–Kier alpha value is -2.86. The second-order valence-electron chi connectivity index (χ2n) is 5.63. The summed E-state index contributed by atoms with van der Waals surface area (Å²) < 4.78 is 0. The van der Waals surface area contributed by atoms with Crippen LogP contribution < -0.4 is 10.9 Å². The number of hydrogen-bond acceptors (Lipinski definition) is 6. The van der Waals surface area contributed by atoms with E-state index in [1.165, 1.54) is 16.9 Å². The van der Waals surface area contributed by atoms with E-state index in [9.17, 15) is 4.79 Å². The number of aromatic nitrogens is 3. The average molecular weight is 334 g/mol. The van der Waals surface area contributed by atoms with E-state index in [0.29, 0.717) is 21.0 Å². The molecule has 0 radical (unpaired) electrons. The van der Waals surface area contributed by atoms with Gasteiger partial charge < -0.3 is 5.32 Å². The number of nitrogens with one attached hydrogen (secondary N) is 1. The lowest BCUT2D eigenvalue weighted by Crippen LogP contribution is -2.10. The van der Waals surface area contributed by atoms with E-state index in [1.54, 1.807) is 0 Å². The Bertz CT molecular complexity index is 1140. The highest BCUT2D eigenvalue weighted by molar-refractivity contribution is 7.21. The third kappa shape index (κ3) is 2.61. The van der Waals surface area contributed by atoms with E-state index in [2.05, 4.69) is 26.3 Å². The van der Waals surface area contributed by atoms with Crippen molar-refractivity contribution >= 4 is 43.5 Å². The number of benzene rings is 2. The van der Waals surface area contributed by atoms with Crippen LogP contribution in [0.2, 0.25) is 0 Å². The monoisotopic (exact) mass is 334 g/mol. The minimum atomic E-state index is -0.366. The lowest BCUT2D eigenvalue weighted by atomic mass is 10.1. The van der Waals surface area contributed by atoms with E-state index >= 15 is 0 Å². The van der Waals surface area contributed by atoms with Crippen molar-refractivity contribution in [3.05, 3.63) is 63.9 Å². The quantitative estimate of drug-likeness (QED) is 0.562. The third-order valence-electron chi connectivity index (χ3n) is 3.76. The smallest absolute Gasteiger partial charge is 0.301 e. The summed E-state index contributed by atoms with van der Waals surface area (Å²) in [5.74, 6) is 0. The van der Waals surface area contributed by atoms with Crippen molar-refractivity contribution in [1.82, 2.24) is 15.0 Å². The van der Waals surface area contributed by atoms with Gasteiger partial charge in [-0.2, -0.15) is 4.98 Å². The van der Waals surface area contributed by atoms with E-state index in [1.807, 2.05) is 50.2 Å². The highest BCUT2D eigenvalue weighted by Gasteiger charge is 2.10. The first-order valence-electron chi connectivity index (χ1n) is 7.52. The topological polar surface area (TPSA) is 67.8 Å². The molecule has 0 atom stereocenters. The van der Waals surface area contributed by atoms with E-state index in [0.717, 1.165) is 16.8 Å². The summed E-state index contributed by atoms with van der Waals surface area (Å²) in [4.78, 5) is 26.0. The standard InChI is InChI=1S/C18H14N4OS/c1-10-7-8-12(11(2)9-10)21-18-22-16(23)15-17(24-18)20-14-6-4-3-5-13(14)19-15/h3-9H,1-2H3,(H,21,22,23). The zero-order valence-electron chi connectivity index (χ0n) is 13.2. The number of para-hydroxylation sites is 2. The number of rotatable bonds is 2. The molecule has 0 amide bonds. The van der Waals surface area contributed by atoms with Crippen LogP contribution in [-0.2, 0) is 0 Å². The fraction of sp³-hybridized carbons (Fsp3) is 0.111. The van der Waals surface area contributed by atoms with Crippen LogP contribution in [0.4, 0.5) is 10.8 Å². The summed E-state index contributed by atoms with van der Waals surface area (Å²) in [5.41, 5.74) is 4.63. The molecule has 0 bridgehead atoms. The zero-order chi connectivity index (χ0) is 16.7. The van der Waals surface area contributed by atoms with Gasteiger partial charge in [0.05, 0.1) is 11.0 Å². The summed E-state index contributed by atoms with van der Waals surface area (Å²) in [6, 6.07) is 13.6. The summed E-state index contributed by atoms with van der Waals surface area (Å²) in [6.45, 7) is 4.07. The molecule has 2 heterocycles. The highest BCUT2D eigenvalue weighted by atomic mass is 32.1. The Labute approximate surface area is 142 Å². The molecule has 2 aromatic carbocycles. The normalized spacial score (nSPS) is 11.1. The van der Waals surface area contributed by atoms with Gasteiger partial charge in [-0.1, -0.05) is 41.2 Å². The number of hydrogen-bond donors (Lipinski definition) is 1. The summed E-state index contributed by atoms with van der Waals surface area (Å²) in [7, 11) is 0. The van der Waals surface area contributed by atoms with E-state index in [4.69, 9.17) is 0 Å². The van der Waals surface area contributed by atoms with Crippen LogP contribution in [-0.4, -0.2) is 15.0 Å². The molecule has 0 saturated carbocycles. The van der Waals surface area contributed by atoms with Gasteiger partial charge in [0.1, 0.15) is 0 Å². The molecule has 1 N–H and O–H groups in total. The maximum Gasteiger partial charge on any atom is 0.301 e. The van der Waals surface area contributed by atoms with Gasteiger partial charge in [-0.05, 0) is 37.6 Å². The highest BCUT2D eigenvalue weighted by Crippen LogP contribution is 2.25. The molecule has 24 heavy (non-hydrogen) atoms. The van der Waals surface area contributed by atoms with Crippen molar-refractivity contribution in [2.24, 2.45) is 0 Å². The number of fused-ring (bicyclic) bond motifs is 2. The molecular weight excluding hydrogens is 320 g/mol. The Morgan fingerprint density at radius 1 is 0.958 bits per heavy atom. The molecule has 0 aliphatic rings. The largest absolute Gasteiger partial charge is 0.331 e. The minimum absolute atomic E-state index is 0.310. The first-order valence-corrected chi connectivity index (χ1v) is 8.34. The Morgan fingerprint density at radius 3 is 2.46 bits per heavy atom. The maximum atomic E-state index is 12.3. The van der Waals surface area contributed by atoms with Crippen LogP contribution in [0.5, 0.6) is 0 Å².